The minimum Gasteiger partial charge on any atom is -0.244 e. The van der Waals surface area contributed by atoms with Crippen molar-refractivity contribution in [2.24, 2.45) is 0 Å². The van der Waals surface area contributed by atoms with Crippen LogP contribution in [0.25, 0.3) is 5.69 Å². The zero-order chi connectivity index (χ0) is 19.9. The second-order valence-corrected chi connectivity index (χ2v) is 6.51. The summed E-state index contributed by atoms with van der Waals surface area (Å²) in [5.74, 6) is 0. The molecular formula is C13H4Cl2F7N3S. The van der Waals surface area contributed by atoms with Gasteiger partial charge in [-0.05, 0) is 23.9 Å². The summed E-state index contributed by atoms with van der Waals surface area (Å²) < 4.78 is 90.1. The highest BCUT2D eigenvalue weighted by atomic mass is 35.5. The van der Waals surface area contributed by atoms with E-state index in [2.05, 4.69) is 5.10 Å². The normalized spacial score (nSPS) is 12.3. The topological polar surface area (TPSA) is 41.6 Å². The maximum Gasteiger partial charge on any atom is 0.446 e. The number of aromatic nitrogens is 2. The maximum absolute atomic E-state index is 13.4. The molecule has 1 aromatic heterocycles. The Morgan fingerprint density at radius 2 is 1.65 bits per heavy atom. The Kier molecular flexibility index (Phi) is 5.70. The summed E-state index contributed by atoms with van der Waals surface area (Å²) in [6.07, 6.45) is -4.78. The summed E-state index contributed by atoms with van der Waals surface area (Å²) in [5.41, 5.74) is -8.02. The molecule has 0 amide bonds. The lowest BCUT2D eigenvalue weighted by Gasteiger charge is -2.14. The fourth-order valence-electron chi connectivity index (χ4n) is 1.97. The van der Waals surface area contributed by atoms with E-state index in [1.54, 1.807) is 0 Å². The van der Waals surface area contributed by atoms with Crippen LogP contribution in [0.1, 0.15) is 17.0 Å². The van der Waals surface area contributed by atoms with Crippen molar-refractivity contribution in [1.82, 2.24) is 9.78 Å². The van der Waals surface area contributed by atoms with Crippen molar-refractivity contribution in [2.75, 3.05) is 0 Å². The van der Waals surface area contributed by atoms with Crippen LogP contribution < -0.4 is 0 Å². The molecule has 0 N–H and O–H groups in total. The highest BCUT2D eigenvalue weighted by Crippen LogP contribution is 2.43. The minimum absolute atomic E-state index is 0.467. The highest BCUT2D eigenvalue weighted by molar-refractivity contribution is 8.00. The third-order valence-electron chi connectivity index (χ3n) is 2.94. The van der Waals surface area contributed by atoms with Crippen molar-refractivity contribution in [3.63, 3.8) is 0 Å². The van der Waals surface area contributed by atoms with Gasteiger partial charge in [0.25, 0.3) is 0 Å². The van der Waals surface area contributed by atoms with Crippen LogP contribution >= 0.6 is 35.0 Å². The average molecular weight is 438 g/mol. The number of nitriles is 1. The van der Waals surface area contributed by atoms with Gasteiger partial charge in [-0.25, -0.2) is 9.07 Å². The molecule has 1 heterocycles. The molecule has 0 atom stereocenters. The molecule has 1 aromatic carbocycles. The number of rotatable bonds is 3. The van der Waals surface area contributed by atoms with Crippen LogP contribution in [0, 0.1) is 11.3 Å². The standard InChI is InChI=1S/C13H4Cl2F7N3S/c14-6-1-5(12(17,18)19)2-7(15)10(6)25-9(3-16)11(8(4-23)24-25)26-13(20,21)22/h1-2H,3H2. The van der Waals surface area contributed by atoms with Crippen molar-refractivity contribution >= 4 is 35.0 Å². The van der Waals surface area contributed by atoms with Gasteiger partial charge in [-0.2, -0.15) is 36.7 Å². The van der Waals surface area contributed by atoms with Gasteiger partial charge in [-0.1, -0.05) is 23.2 Å². The zero-order valence-corrected chi connectivity index (χ0v) is 14.3. The molecule has 0 saturated carbocycles. The summed E-state index contributed by atoms with van der Waals surface area (Å²) in [7, 11) is 0. The van der Waals surface area contributed by atoms with Gasteiger partial charge in [0.15, 0.2) is 5.69 Å². The van der Waals surface area contributed by atoms with E-state index < -0.39 is 67.7 Å². The molecule has 13 heteroatoms. The van der Waals surface area contributed by atoms with Crippen LogP contribution in [0.5, 0.6) is 0 Å². The number of hydrogen-bond acceptors (Lipinski definition) is 3. The van der Waals surface area contributed by atoms with Gasteiger partial charge in [-0.15, -0.1) is 0 Å². The van der Waals surface area contributed by atoms with Crippen LogP contribution in [0.2, 0.25) is 10.0 Å². The first-order valence-corrected chi connectivity index (χ1v) is 7.86. The van der Waals surface area contributed by atoms with E-state index in [-0.39, 0.29) is 0 Å². The van der Waals surface area contributed by atoms with Gasteiger partial charge >= 0.3 is 11.7 Å². The van der Waals surface area contributed by atoms with Crippen LogP contribution in [-0.4, -0.2) is 15.3 Å². The SMILES string of the molecule is N#Cc1nn(-c2c(Cl)cc(C(F)(F)F)cc2Cl)c(CF)c1SC(F)(F)F. The number of alkyl halides is 7. The van der Waals surface area contributed by atoms with Gasteiger partial charge in [0, 0.05) is 0 Å². The third kappa shape index (κ3) is 4.19. The second-order valence-electron chi connectivity index (χ2n) is 4.62. The van der Waals surface area contributed by atoms with Crippen molar-refractivity contribution < 1.29 is 30.7 Å². The predicted molar refractivity (Wildman–Crippen MR) is 80.0 cm³/mol. The average Bonchev–Trinajstić information content (AvgIpc) is 2.81. The van der Waals surface area contributed by atoms with Crippen molar-refractivity contribution in [3.8, 4) is 11.8 Å². The van der Waals surface area contributed by atoms with E-state index in [4.69, 9.17) is 28.5 Å². The Hall–Kier alpha value is -1.64. The number of hydrogen-bond donors (Lipinski definition) is 0. The fraction of sp³-hybridized carbons (Fsp3) is 0.231. The van der Waals surface area contributed by atoms with Crippen molar-refractivity contribution in [3.05, 3.63) is 39.1 Å². The van der Waals surface area contributed by atoms with Gasteiger partial charge in [-0.3, -0.25) is 0 Å². The first-order valence-electron chi connectivity index (χ1n) is 6.29. The molecule has 0 unspecified atom stereocenters. The lowest BCUT2D eigenvalue weighted by Crippen LogP contribution is -2.09. The largest absolute Gasteiger partial charge is 0.446 e. The Morgan fingerprint density at radius 3 is 2.04 bits per heavy atom. The Bertz CT molecular complexity index is 861. The van der Waals surface area contributed by atoms with Crippen LogP contribution in [0.4, 0.5) is 30.7 Å². The lowest BCUT2D eigenvalue weighted by atomic mass is 10.2. The summed E-state index contributed by atoms with van der Waals surface area (Å²) in [6, 6.07) is 2.31. The number of benzene rings is 1. The zero-order valence-electron chi connectivity index (χ0n) is 12.0. The molecule has 0 aliphatic heterocycles. The molecule has 0 aliphatic rings. The van der Waals surface area contributed by atoms with Crippen LogP contribution in [0.15, 0.2) is 17.0 Å². The van der Waals surface area contributed by atoms with Crippen molar-refractivity contribution in [1.29, 1.82) is 5.26 Å². The summed E-state index contributed by atoms with van der Waals surface area (Å²) in [6.45, 7) is -1.50. The molecule has 3 nitrogen and oxygen atoms in total. The molecule has 26 heavy (non-hydrogen) atoms. The number of halogens is 9. The molecule has 140 valence electrons. The van der Waals surface area contributed by atoms with E-state index in [9.17, 15) is 30.7 Å². The number of thioether (sulfide) groups is 1. The highest BCUT2D eigenvalue weighted by Gasteiger charge is 2.36. The first-order chi connectivity index (χ1) is 11.9. The lowest BCUT2D eigenvalue weighted by molar-refractivity contribution is -0.137. The quantitative estimate of drug-likeness (QED) is 0.427. The predicted octanol–water partition coefficient (Wildman–Crippen LogP) is 6.15. The molecule has 2 aromatic rings. The number of nitrogens with zero attached hydrogens (tertiary/aromatic N) is 3. The van der Waals surface area contributed by atoms with E-state index in [1.807, 2.05) is 0 Å². The molecule has 0 radical (unpaired) electrons. The van der Waals surface area contributed by atoms with E-state index in [0.717, 1.165) is 0 Å². The summed E-state index contributed by atoms with van der Waals surface area (Å²) >= 11 is 10.8. The van der Waals surface area contributed by atoms with Gasteiger partial charge in [0.2, 0.25) is 0 Å². The maximum atomic E-state index is 13.4. The first kappa shape index (κ1) is 20.7. The summed E-state index contributed by atoms with van der Waals surface area (Å²) in [5, 5.41) is 11.2. The second kappa shape index (κ2) is 7.17. The van der Waals surface area contributed by atoms with Gasteiger partial charge in [0.1, 0.15) is 18.4 Å². The van der Waals surface area contributed by atoms with Gasteiger partial charge in [0.05, 0.1) is 26.2 Å². The third-order valence-corrected chi connectivity index (χ3v) is 4.38. The molecule has 2 rings (SSSR count). The molecule has 0 fully saturated rings. The van der Waals surface area contributed by atoms with E-state index in [0.29, 0.717) is 16.8 Å². The molecular weight excluding hydrogens is 434 g/mol. The van der Waals surface area contributed by atoms with Crippen LogP contribution in [0.3, 0.4) is 0 Å². The Labute approximate surface area is 155 Å². The molecule has 0 bridgehead atoms. The molecule has 0 aliphatic carbocycles. The van der Waals surface area contributed by atoms with E-state index >= 15 is 0 Å². The van der Waals surface area contributed by atoms with Crippen molar-refractivity contribution in [2.45, 2.75) is 23.3 Å². The Morgan fingerprint density at radius 1 is 1.12 bits per heavy atom. The Balaban J connectivity index is 2.72. The summed E-state index contributed by atoms with van der Waals surface area (Å²) in [4.78, 5) is -0.825. The minimum atomic E-state index is -4.85. The molecule has 0 saturated heterocycles. The van der Waals surface area contributed by atoms with Crippen LogP contribution in [-0.2, 0) is 12.9 Å². The fourth-order valence-corrected chi connectivity index (χ4v) is 3.29. The molecule has 0 spiro atoms. The van der Waals surface area contributed by atoms with E-state index in [1.165, 1.54) is 6.07 Å². The smallest absolute Gasteiger partial charge is 0.244 e. The van der Waals surface area contributed by atoms with Gasteiger partial charge < -0.3 is 0 Å². The monoisotopic (exact) mass is 437 g/mol.